The second-order valence-electron chi connectivity index (χ2n) is 3.45. The van der Waals surface area contributed by atoms with Crippen molar-refractivity contribution in [3.8, 4) is 0 Å². The number of ketones is 2. The summed E-state index contributed by atoms with van der Waals surface area (Å²) >= 11 is 0. The molecule has 2 unspecified atom stereocenters. The average Bonchev–Trinajstić information content (AvgIpc) is 1.94. The van der Waals surface area contributed by atoms with Crippen molar-refractivity contribution in [3.05, 3.63) is 0 Å². The summed E-state index contributed by atoms with van der Waals surface area (Å²) in [6, 6.07) is 0. The molecule has 2 atom stereocenters. The SMILES string of the molecule is CC(=O)C1CCC(=O)C(C)C1. The molecule has 0 radical (unpaired) electrons. The van der Waals surface area contributed by atoms with Crippen LogP contribution in [0.1, 0.15) is 33.1 Å². The second kappa shape index (κ2) is 3.16. The van der Waals surface area contributed by atoms with E-state index in [-0.39, 0.29) is 17.6 Å². The Balaban J connectivity index is 2.52. The molecule has 0 aliphatic heterocycles. The van der Waals surface area contributed by atoms with Crippen LogP contribution in [0.5, 0.6) is 0 Å². The lowest BCUT2D eigenvalue weighted by atomic mass is 9.80. The summed E-state index contributed by atoms with van der Waals surface area (Å²) in [6.07, 6.45) is 2.15. The van der Waals surface area contributed by atoms with Crippen LogP contribution in [-0.2, 0) is 9.59 Å². The lowest BCUT2D eigenvalue weighted by Crippen LogP contribution is -2.26. The van der Waals surface area contributed by atoms with Crippen LogP contribution in [0.15, 0.2) is 0 Å². The molecule has 0 spiro atoms. The van der Waals surface area contributed by atoms with E-state index in [2.05, 4.69) is 0 Å². The van der Waals surface area contributed by atoms with Crippen molar-refractivity contribution in [1.82, 2.24) is 0 Å². The van der Waals surface area contributed by atoms with Crippen molar-refractivity contribution in [2.45, 2.75) is 33.1 Å². The van der Waals surface area contributed by atoms with Gasteiger partial charge in [-0.3, -0.25) is 9.59 Å². The van der Waals surface area contributed by atoms with Gasteiger partial charge < -0.3 is 0 Å². The molecule has 0 saturated heterocycles. The van der Waals surface area contributed by atoms with E-state index in [1.807, 2.05) is 6.92 Å². The van der Waals surface area contributed by atoms with E-state index in [1.165, 1.54) is 0 Å². The van der Waals surface area contributed by atoms with Crippen molar-refractivity contribution in [1.29, 1.82) is 0 Å². The Morgan fingerprint density at radius 3 is 2.64 bits per heavy atom. The van der Waals surface area contributed by atoms with Crippen molar-refractivity contribution >= 4 is 11.6 Å². The van der Waals surface area contributed by atoms with Gasteiger partial charge in [0.2, 0.25) is 0 Å². The molecule has 1 aliphatic rings. The smallest absolute Gasteiger partial charge is 0.135 e. The van der Waals surface area contributed by atoms with Gasteiger partial charge in [0, 0.05) is 18.3 Å². The molecule has 0 amide bonds. The first-order chi connectivity index (χ1) is 5.11. The number of carbonyl (C=O) groups excluding carboxylic acids is 2. The number of hydrogen-bond donors (Lipinski definition) is 0. The topological polar surface area (TPSA) is 34.1 Å². The maximum Gasteiger partial charge on any atom is 0.135 e. The van der Waals surface area contributed by atoms with Crippen molar-refractivity contribution in [2.75, 3.05) is 0 Å². The van der Waals surface area contributed by atoms with Gasteiger partial charge in [-0.25, -0.2) is 0 Å². The molecule has 0 heterocycles. The summed E-state index contributed by atoms with van der Waals surface area (Å²) in [6.45, 7) is 3.53. The summed E-state index contributed by atoms with van der Waals surface area (Å²) in [5.41, 5.74) is 0. The molecule has 0 aromatic rings. The molecule has 1 saturated carbocycles. The van der Waals surface area contributed by atoms with Gasteiger partial charge in [-0.05, 0) is 19.8 Å². The number of carbonyl (C=O) groups is 2. The molecule has 0 bridgehead atoms. The lowest BCUT2D eigenvalue weighted by molar-refractivity contribution is -0.128. The number of hydrogen-bond acceptors (Lipinski definition) is 2. The molecule has 11 heavy (non-hydrogen) atoms. The van der Waals surface area contributed by atoms with E-state index >= 15 is 0 Å². The monoisotopic (exact) mass is 154 g/mol. The quantitative estimate of drug-likeness (QED) is 0.574. The lowest BCUT2D eigenvalue weighted by Gasteiger charge is -2.23. The molecule has 2 nitrogen and oxygen atoms in total. The fourth-order valence-electron chi connectivity index (χ4n) is 1.61. The summed E-state index contributed by atoms with van der Waals surface area (Å²) in [7, 11) is 0. The van der Waals surface area contributed by atoms with E-state index in [1.54, 1.807) is 6.92 Å². The molecule has 1 aliphatic carbocycles. The normalized spacial score (nSPS) is 32.0. The van der Waals surface area contributed by atoms with Crippen molar-refractivity contribution < 1.29 is 9.59 Å². The zero-order chi connectivity index (χ0) is 8.43. The third kappa shape index (κ3) is 1.88. The van der Waals surface area contributed by atoms with E-state index < -0.39 is 0 Å². The van der Waals surface area contributed by atoms with E-state index in [4.69, 9.17) is 0 Å². The minimum absolute atomic E-state index is 0.109. The highest BCUT2D eigenvalue weighted by Gasteiger charge is 2.27. The van der Waals surface area contributed by atoms with Crippen LogP contribution in [0.4, 0.5) is 0 Å². The Bertz CT molecular complexity index is 184. The van der Waals surface area contributed by atoms with Crippen LogP contribution < -0.4 is 0 Å². The van der Waals surface area contributed by atoms with Crippen LogP contribution in [0.3, 0.4) is 0 Å². The predicted molar refractivity (Wildman–Crippen MR) is 42.2 cm³/mol. The molecule has 1 fully saturated rings. The van der Waals surface area contributed by atoms with Gasteiger partial charge in [-0.15, -0.1) is 0 Å². The summed E-state index contributed by atoms with van der Waals surface area (Å²) in [5, 5.41) is 0. The minimum Gasteiger partial charge on any atom is -0.300 e. The molecule has 2 heteroatoms. The van der Waals surface area contributed by atoms with E-state index in [0.717, 1.165) is 12.8 Å². The van der Waals surface area contributed by atoms with Gasteiger partial charge in [0.25, 0.3) is 0 Å². The molecule has 0 N–H and O–H groups in total. The van der Waals surface area contributed by atoms with Crippen LogP contribution in [0.2, 0.25) is 0 Å². The Morgan fingerprint density at radius 1 is 1.55 bits per heavy atom. The first-order valence-electron chi connectivity index (χ1n) is 4.14. The third-order valence-electron chi connectivity index (χ3n) is 2.50. The maximum atomic E-state index is 11.1. The van der Waals surface area contributed by atoms with Crippen molar-refractivity contribution in [3.63, 3.8) is 0 Å². The Kier molecular flexibility index (Phi) is 2.42. The van der Waals surface area contributed by atoms with Gasteiger partial charge >= 0.3 is 0 Å². The van der Waals surface area contributed by atoms with Crippen LogP contribution in [0, 0.1) is 11.8 Å². The van der Waals surface area contributed by atoms with Gasteiger partial charge in [-0.2, -0.15) is 0 Å². The standard InChI is InChI=1S/C9H14O2/c1-6-5-8(7(2)10)3-4-9(6)11/h6,8H,3-5H2,1-2H3. The van der Waals surface area contributed by atoms with E-state index in [0.29, 0.717) is 12.2 Å². The zero-order valence-electron chi connectivity index (χ0n) is 7.09. The highest BCUT2D eigenvalue weighted by atomic mass is 16.1. The highest BCUT2D eigenvalue weighted by Crippen LogP contribution is 2.26. The maximum absolute atomic E-state index is 11.1. The highest BCUT2D eigenvalue weighted by molar-refractivity contribution is 5.85. The summed E-state index contributed by atoms with van der Waals surface area (Å²) < 4.78 is 0. The zero-order valence-corrected chi connectivity index (χ0v) is 7.09. The number of rotatable bonds is 1. The van der Waals surface area contributed by atoms with Crippen molar-refractivity contribution in [2.24, 2.45) is 11.8 Å². The molecule has 0 aromatic heterocycles. The fraction of sp³-hybridized carbons (Fsp3) is 0.778. The van der Waals surface area contributed by atoms with Gasteiger partial charge in [-0.1, -0.05) is 6.92 Å². The predicted octanol–water partition coefficient (Wildman–Crippen LogP) is 1.58. The third-order valence-corrected chi connectivity index (χ3v) is 2.50. The molecule has 62 valence electrons. The Labute approximate surface area is 67.0 Å². The molecular weight excluding hydrogens is 140 g/mol. The largest absolute Gasteiger partial charge is 0.300 e. The van der Waals surface area contributed by atoms with Gasteiger partial charge in [0.1, 0.15) is 11.6 Å². The van der Waals surface area contributed by atoms with Crippen LogP contribution >= 0.6 is 0 Å². The average molecular weight is 154 g/mol. The fourth-order valence-corrected chi connectivity index (χ4v) is 1.61. The second-order valence-corrected chi connectivity index (χ2v) is 3.45. The minimum atomic E-state index is 0.109. The first-order valence-corrected chi connectivity index (χ1v) is 4.14. The van der Waals surface area contributed by atoms with Gasteiger partial charge in [0.05, 0.1) is 0 Å². The first kappa shape index (κ1) is 8.44. The van der Waals surface area contributed by atoms with Crippen LogP contribution in [0.25, 0.3) is 0 Å². The van der Waals surface area contributed by atoms with E-state index in [9.17, 15) is 9.59 Å². The Hall–Kier alpha value is -0.660. The van der Waals surface area contributed by atoms with Gasteiger partial charge in [0.15, 0.2) is 0 Å². The Morgan fingerprint density at radius 2 is 2.18 bits per heavy atom. The summed E-state index contributed by atoms with van der Waals surface area (Å²) in [5.74, 6) is 0.826. The van der Waals surface area contributed by atoms with Crippen LogP contribution in [-0.4, -0.2) is 11.6 Å². The summed E-state index contributed by atoms with van der Waals surface area (Å²) in [4.78, 5) is 22.0. The molecular formula is C9H14O2. The molecule has 0 aromatic carbocycles. The molecule has 1 rings (SSSR count). The number of Topliss-reactive ketones (excluding diaryl/α,β-unsaturated/α-hetero) is 2.